The third-order valence-corrected chi connectivity index (χ3v) is 5.78. The zero-order valence-corrected chi connectivity index (χ0v) is 17.5. The number of thioether (sulfide) groups is 1. The molecule has 1 fully saturated rings. The number of nitrogens with zero attached hydrogens (tertiary/aromatic N) is 3. The van der Waals surface area contributed by atoms with E-state index in [0.29, 0.717) is 31.1 Å². The Labute approximate surface area is 178 Å². The molecule has 0 aromatic heterocycles. The van der Waals surface area contributed by atoms with Gasteiger partial charge in [-0.1, -0.05) is 18.2 Å². The minimum Gasteiger partial charge on any atom is -0.465 e. The van der Waals surface area contributed by atoms with Crippen molar-refractivity contribution in [3.05, 3.63) is 64.2 Å². The van der Waals surface area contributed by atoms with E-state index in [1.54, 1.807) is 17.9 Å². The second-order valence-electron chi connectivity index (χ2n) is 6.65. The number of carbonyl (C=O) groups is 2. The van der Waals surface area contributed by atoms with Crippen molar-refractivity contribution in [2.24, 2.45) is 0 Å². The number of carbonyl (C=O) groups excluding carboxylic acids is 2. The van der Waals surface area contributed by atoms with Gasteiger partial charge in [-0.3, -0.25) is 19.7 Å². The first-order chi connectivity index (χ1) is 14.5. The fourth-order valence-corrected chi connectivity index (χ4v) is 4.05. The van der Waals surface area contributed by atoms with Crippen LogP contribution in [0.2, 0.25) is 0 Å². The molecule has 0 bridgehead atoms. The van der Waals surface area contributed by atoms with Crippen LogP contribution >= 0.6 is 11.8 Å². The van der Waals surface area contributed by atoms with Gasteiger partial charge in [-0.15, -0.1) is 11.8 Å². The number of hydrogen-bond acceptors (Lipinski definition) is 7. The quantitative estimate of drug-likeness (QED) is 0.289. The van der Waals surface area contributed by atoms with Gasteiger partial charge in [-0.2, -0.15) is 0 Å². The number of ether oxygens (including phenoxy) is 1. The number of amides is 1. The fourth-order valence-electron chi connectivity index (χ4n) is 3.24. The summed E-state index contributed by atoms with van der Waals surface area (Å²) < 4.78 is 4.85. The number of nitro benzene ring substituents is 1. The topological polar surface area (TPSA) is 93.0 Å². The van der Waals surface area contributed by atoms with Gasteiger partial charge in [-0.05, 0) is 31.2 Å². The van der Waals surface area contributed by atoms with Crippen LogP contribution in [0.3, 0.4) is 0 Å². The zero-order valence-electron chi connectivity index (χ0n) is 16.7. The molecule has 30 heavy (non-hydrogen) atoms. The Hall–Kier alpha value is -3.07. The molecule has 1 saturated heterocycles. The molecule has 3 rings (SSSR count). The van der Waals surface area contributed by atoms with Gasteiger partial charge < -0.3 is 14.5 Å². The number of benzene rings is 2. The lowest BCUT2D eigenvalue weighted by Crippen LogP contribution is -2.48. The maximum absolute atomic E-state index is 12.9. The lowest BCUT2D eigenvalue weighted by molar-refractivity contribution is -0.387. The number of para-hydroxylation sites is 1. The molecule has 158 valence electrons. The monoisotopic (exact) mass is 429 g/mol. The van der Waals surface area contributed by atoms with Gasteiger partial charge in [0, 0.05) is 43.5 Å². The summed E-state index contributed by atoms with van der Waals surface area (Å²) in [5.74, 6) is -0.690. The van der Waals surface area contributed by atoms with Crippen LogP contribution in [0.4, 0.5) is 11.4 Å². The van der Waals surface area contributed by atoms with Crippen molar-refractivity contribution < 1.29 is 19.2 Å². The number of rotatable bonds is 7. The van der Waals surface area contributed by atoms with Crippen LogP contribution in [0.5, 0.6) is 0 Å². The zero-order chi connectivity index (χ0) is 21.5. The second kappa shape index (κ2) is 10.1. The molecule has 9 heteroatoms. The highest BCUT2D eigenvalue weighted by Crippen LogP contribution is 2.31. The predicted molar refractivity (Wildman–Crippen MR) is 115 cm³/mol. The van der Waals surface area contributed by atoms with Gasteiger partial charge in [0.05, 0.1) is 22.2 Å². The highest BCUT2D eigenvalue weighted by Gasteiger charge is 2.25. The lowest BCUT2D eigenvalue weighted by atomic mass is 10.1. The average Bonchev–Trinajstić information content (AvgIpc) is 2.78. The summed E-state index contributed by atoms with van der Waals surface area (Å²) >= 11 is 1.03. The maximum atomic E-state index is 12.9. The number of piperazine rings is 1. The van der Waals surface area contributed by atoms with Gasteiger partial charge in [0.1, 0.15) is 0 Å². The van der Waals surface area contributed by atoms with E-state index in [9.17, 15) is 19.7 Å². The third-order valence-electron chi connectivity index (χ3n) is 4.74. The van der Waals surface area contributed by atoms with Crippen molar-refractivity contribution in [2.75, 3.05) is 43.4 Å². The lowest BCUT2D eigenvalue weighted by Gasteiger charge is -2.36. The normalized spacial score (nSPS) is 13.8. The summed E-state index contributed by atoms with van der Waals surface area (Å²) in [5, 5.41) is 11.5. The van der Waals surface area contributed by atoms with Crippen LogP contribution in [-0.2, 0) is 9.53 Å². The molecule has 2 aromatic carbocycles. The number of hydrogen-bond donors (Lipinski definition) is 0. The minimum absolute atomic E-state index is 0.0244. The Morgan fingerprint density at radius 3 is 2.43 bits per heavy atom. The number of nitro groups is 1. The molecule has 1 aliphatic rings. The SMILES string of the molecule is CCOC(=O)CSc1ccc(C(=O)N2CCN(c3ccccc3)CC2)cc1[N+](=O)[O-]. The molecule has 0 spiro atoms. The van der Waals surface area contributed by atoms with E-state index in [4.69, 9.17) is 4.74 Å². The third kappa shape index (κ3) is 5.29. The molecular weight excluding hydrogens is 406 g/mol. The van der Waals surface area contributed by atoms with Crippen LogP contribution in [-0.4, -0.2) is 60.2 Å². The number of esters is 1. The molecule has 0 N–H and O–H groups in total. The summed E-state index contributed by atoms with van der Waals surface area (Å²) in [6, 6.07) is 14.4. The van der Waals surface area contributed by atoms with Gasteiger partial charge in [0.2, 0.25) is 0 Å². The summed E-state index contributed by atoms with van der Waals surface area (Å²) in [4.78, 5) is 39.6. The highest BCUT2D eigenvalue weighted by molar-refractivity contribution is 8.00. The molecular formula is C21H23N3O5S. The molecule has 0 saturated carbocycles. The van der Waals surface area contributed by atoms with E-state index in [0.717, 1.165) is 17.4 Å². The molecule has 1 heterocycles. The molecule has 1 aliphatic heterocycles. The van der Waals surface area contributed by atoms with Gasteiger partial charge in [0.25, 0.3) is 11.6 Å². The van der Waals surface area contributed by atoms with Crippen molar-refractivity contribution >= 4 is 35.0 Å². The van der Waals surface area contributed by atoms with Crippen molar-refractivity contribution in [3.8, 4) is 0 Å². The summed E-state index contributed by atoms with van der Waals surface area (Å²) in [6.07, 6.45) is 0. The first-order valence-corrected chi connectivity index (χ1v) is 10.6. The van der Waals surface area contributed by atoms with Crippen LogP contribution in [0, 0.1) is 10.1 Å². The van der Waals surface area contributed by atoms with Crippen LogP contribution < -0.4 is 4.90 Å². The Kier molecular flexibility index (Phi) is 7.29. The van der Waals surface area contributed by atoms with E-state index in [-0.39, 0.29) is 29.5 Å². The fraction of sp³-hybridized carbons (Fsp3) is 0.333. The molecule has 0 unspecified atom stereocenters. The standard InChI is InChI=1S/C21H23N3O5S/c1-2-29-20(25)15-30-19-9-8-16(14-18(19)24(27)28)21(26)23-12-10-22(11-13-23)17-6-4-3-5-7-17/h3-9,14H,2,10-13,15H2,1H3. The van der Waals surface area contributed by atoms with Crippen molar-refractivity contribution in [2.45, 2.75) is 11.8 Å². The minimum atomic E-state index is -0.530. The van der Waals surface area contributed by atoms with E-state index in [1.807, 2.05) is 30.3 Å². The Bertz CT molecular complexity index is 914. The van der Waals surface area contributed by atoms with E-state index in [1.165, 1.54) is 12.1 Å². The van der Waals surface area contributed by atoms with Crippen molar-refractivity contribution in [1.82, 2.24) is 4.90 Å². The Morgan fingerprint density at radius 1 is 1.10 bits per heavy atom. The van der Waals surface area contributed by atoms with Crippen LogP contribution in [0.25, 0.3) is 0 Å². The highest BCUT2D eigenvalue weighted by atomic mass is 32.2. The van der Waals surface area contributed by atoms with E-state index >= 15 is 0 Å². The summed E-state index contributed by atoms with van der Waals surface area (Å²) in [6.45, 7) is 4.44. The second-order valence-corrected chi connectivity index (χ2v) is 7.67. The van der Waals surface area contributed by atoms with Gasteiger partial charge >= 0.3 is 5.97 Å². The maximum Gasteiger partial charge on any atom is 0.316 e. The smallest absolute Gasteiger partial charge is 0.316 e. The summed E-state index contributed by atoms with van der Waals surface area (Å²) in [5.41, 5.74) is 1.21. The Balaban J connectivity index is 1.66. The van der Waals surface area contributed by atoms with Gasteiger partial charge in [0.15, 0.2) is 0 Å². The first-order valence-electron chi connectivity index (χ1n) is 9.65. The largest absolute Gasteiger partial charge is 0.465 e. The number of anilines is 1. The van der Waals surface area contributed by atoms with Crippen LogP contribution in [0.1, 0.15) is 17.3 Å². The molecule has 2 aromatic rings. The molecule has 0 aliphatic carbocycles. The Morgan fingerprint density at radius 2 is 1.80 bits per heavy atom. The van der Waals surface area contributed by atoms with Gasteiger partial charge in [-0.25, -0.2) is 0 Å². The average molecular weight is 429 g/mol. The molecule has 0 atom stereocenters. The van der Waals surface area contributed by atoms with Crippen molar-refractivity contribution in [1.29, 1.82) is 0 Å². The molecule has 0 radical (unpaired) electrons. The summed E-state index contributed by atoms with van der Waals surface area (Å²) in [7, 11) is 0. The van der Waals surface area contributed by atoms with E-state index < -0.39 is 10.9 Å². The molecule has 1 amide bonds. The van der Waals surface area contributed by atoms with Crippen molar-refractivity contribution in [3.63, 3.8) is 0 Å². The first kappa shape index (κ1) is 21.6. The molecule has 8 nitrogen and oxygen atoms in total. The van der Waals surface area contributed by atoms with E-state index in [2.05, 4.69) is 4.90 Å². The predicted octanol–water partition coefficient (Wildman–Crippen LogP) is 3.21. The van der Waals surface area contributed by atoms with Crippen LogP contribution in [0.15, 0.2) is 53.4 Å².